The first-order chi connectivity index (χ1) is 12.1. The van der Waals surface area contributed by atoms with Gasteiger partial charge in [0.25, 0.3) is 5.91 Å². The van der Waals surface area contributed by atoms with Crippen LogP contribution in [0, 0.1) is 0 Å². The Labute approximate surface area is 161 Å². The fourth-order valence-electron chi connectivity index (χ4n) is 2.87. The largest absolute Gasteiger partial charge is 0.379 e. The van der Waals surface area contributed by atoms with Gasteiger partial charge in [0.05, 0.1) is 29.8 Å². The number of hydrogen-bond donors (Lipinski definition) is 1. The summed E-state index contributed by atoms with van der Waals surface area (Å²) in [5, 5.41) is 3.58. The molecule has 0 bridgehead atoms. The molecule has 0 spiro atoms. The average Bonchev–Trinajstić information content (AvgIpc) is 2.64. The van der Waals surface area contributed by atoms with Crippen LogP contribution in [-0.4, -0.2) is 43.7 Å². The van der Waals surface area contributed by atoms with Crippen molar-refractivity contribution < 1.29 is 9.53 Å². The Bertz CT molecular complexity index is 721. The molecule has 0 aliphatic carbocycles. The first-order valence-corrected chi connectivity index (χ1v) is 9.41. The van der Waals surface area contributed by atoms with Crippen molar-refractivity contribution in [2.75, 3.05) is 32.8 Å². The van der Waals surface area contributed by atoms with Crippen LogP contribution in [0.3, 0.4) is 0 Å². The number of halogens is 2. The Balaban J connectivity index is 1.79. The second-order valence-electron chi connectivity index (χ2n) is 5.97. The van der Waals surface area contributed by atoms with Crippen LogP contribution in [0.5, 0.6) is 0 Å². The molecule has 1 amide bonds. The lowest BCUT2D eigenvalue weighted by molar-refractivity contribution is 0.0332. The van der Waals surface area contributed by atoms with Crippen LogP contribution >= 0.6 is 27.5 Å². The maximum atomic E-state index is 12.8. The Morgan fingerprint density at radius 1 is 1.20 bits per heavy atom. The lowest BCUT2D eigenvalue weighted by Gasteiger charge is -2.31. The third kappa shape index (κ3) is 5.05. The van der Waals surface area contributed by atoms with Crippen molar-refractivity contribution in [1.29, 1.82) is 0 Å². The number of morpholine rings is 1. The van der Waals surface area contributed by atoms with E-state index in [4.69, 9.17) is 16.3 Å². The van der Waals surface area contributed by atoms with Crippen molar-refractivity contribution in [2.45, 2.75) is 6.04 Å². The smallest absolute Gasteiger partial charge is 0.253 e. The molecule has 1 fully saturated rings. The number of carbonyl (C=O) groups excluding carboxylic acids is 1. The van der Waals surface area contributed by atoms with Crippen molar-refractivity contribution in [3.05, 3.63) is 69.2 Å². The van der Waals surface area contributed by atoms with Gasteiger partial charge in [-0.2, -0.15) is 0 Å². The van der Waals surface area contributed by atoms with Gasteiger partial charge in [-0.3, -0.25) is 9.69 Å². The van der Waals surface area contributed by atoms with Gasteiger partial charge < -0.3 is 10.1 Å². The van der Waals surface area contributed by atoms with Crippen molar-refractivity contribution in [3.63, 3.8) is 0 Å². The maximum absolute atomic E-state index is 12.8. The molecular weight excluding hydrogens is 404 g/mol. The molecule has 25 heavy (non-hydrogen) atoms. The summed E-state index contributed by atoms with van der Waals surface area (Å²) in [5.74, 6) is -0.173. The Kier molecular flexibility index (Phi) is 6.48. The zero-order chi connectivity index (χ0) is 17.6. The van der Waals surface area contributed by atoms with Gasteiger partial charge in [-0.15, -0.1) is 0 Å². The van der Waals surface area contributed by atoms with Crippen LogP contribution < -0.4 is 5.32 Å². The Morgan fingerprint density at radius 3 is 2.64 bits per heavy atom. The molecule has 4 nitrogen and oxygen atoms in total. The summed E-state index contributed by atoms with van der Waals surface area (Å²) in [5.41, 5.74) is 1.55. The van der Waals surface area contributed by atoms with Crippen molar-refractivity contribution >= 4 is 33.4 Å². The highest BCUT2D eigenvalue weighted by atomic mass is 79.9. The van der Waals surface area contributed by atoms with E-state index >= 15 is 0 Å². The van der Waals surface area contributed by atoms with E-state index in [2.05, 4.69) is 26.1 Å². The van der Waals surface area contributed by atoms with Gasteiger partial charge in [0.1, 0.15) is 0 Å². The quantitative estimate of drug-likeness (QED) is 0.793. The van der Waals surface area contributed by atoms with Gasteiger partial charge >= 0.3 is 0 Å². The van der Waals surface area contributed by atoms with E-state index in [1.807, 2.05) is 36.4 Å². The highest BCUT2D eigenvalue weighted by Gasteiger charge is 2.21. The van der Waals surface area contributed by atoms with Gasteiger partial charge in [-0.05, 0) is 23.8 Å². The molecule has 2 aromatic carbocycles. The van der Waals surface area contributed by atoms with E-state index in [0.717, 1.165) is 42.9 Å². The molecule has 0 radical (unpaired) electrons. The highest BCUT2D eigenvalue weighted by Crippen LogP contribution is 2.23. The summed E-state index contributed by atoms with van der Waals surface area (Å²) in [6, 6.07) is 15.2. The summed E-state index contributed by atoms with van der Waals surface area (Å²) >= 11 is 9.60. The molecule has 0 saturated carbocycles. The fraction of sp³-hybridized carbons (Fsp3) is 0.316. The molecular formula is C19H20BrClN2O2. The van der Waals surface area contributed by atoms with Gasteiger partial charge in [-0.1, -0.05) is 57.9 Å². The summed E-state index contributed by atoms with van der Waals surface area (Å²) in [7, 11) is 0. The van der Waals surface area contributed by atoms with Crippen LogP contribution in [0.25, 0.3) is 0 Å². The van der Waals surface area contributed by atoms with Crippen molar-refractivity contribution in [3.8, 4) is 0 Å². The summed E-state index contributed by atoms with van der Waals surface area (Å²) < 4.78 is 6.24. The van der Waals surface area contributed by atoms with Crippen LogP contribution in [-0.2, 0) is 4.74 Å². The zero-order valence-corrected chi connectivity index (χ0v) is 16.1. The third-order valence-corrected chi connectivity index (χ3v) is 5.05. The fourth-order valence-corrected chi connectivity index (χ4v) is 3.43. The van der Waals surface area contributed by atoms with Gasteiger partial charge in [0.15, 0.2) is 0 Å². The zero-order valence-electron chi connectivity index (χ0n) is 13.8. The van der Waals surface area contributed by atoms with Crippen LogP contribution in [0.4, 0.5) is 0 Å². The average molecular weight is 424 g/mol. The monoisotopic (exact) mass is 422 g/mol. The number of carbonyl (C=O) groups is 1. The van der Waals surface area contributed by atoms with E-state index in [-0.39, 0.29) is 11.9 Å². The van der Waals surface area contributed by atoms with Crippen LogP contribution in [0.1, 0.15) is 22.0 Å². The molecule has 1 heterocycles. The summed E-state index contributed by atoms with van der Waals surface area (Å²) in [4.78, 5) is 15.1. The molecule has 1 saturated heterocycles. The first kappa shape index (κ1) is 18.4. The summed E-state index contributed by atoms with van der Waals surface area (Å²) in [6.07, 6.45) is 0. The Morgan fingerprint density at radius 2 is 1.92 bits per heavy atom. The minimum Gasteiger partial charge on any atom is -0.379 e. The van der Waals surface area contributed by atoms with E-state index < -0.39 is 0 Å². The lowest BCUT2D eigenvalue weighted by atomic mass is 10.1. The second kappa shape index (κ2) is 8.81. The van der Waals surface area contributed by atoms with Gasteiger partial charge in [0, 0.05) is 24.1 Å². The molecule has 1 aliphatic rings. The van der Waals surface area contributed by atoms with Crippen molar-refractivity contribution in [2.24, 2.45) is 0 Å². The molecule has 2 aromatic rings. The predicted octanol–water partition coefficient (Wildman–Crippen LogP) is 3.91. The van der Waals surface area contributed by atoms with Gasteiger partial charge in [-0.25, -0.2) is 0 Å². The molecule has 1 N–H and O–H groups in total. The minimum atomic E-state index is -0.173. The highest BCUT2D eigenvalue weighted by molar-refractivity contribution is 9.10. The lowest BCUT2D eigenvalue weighted by Crippen LogP contribution is -2.43. The van der Waals surface area contributed by atoms with E-state index in [0.29, 0.717) is 10.6 Å². The van der Waals surface area contributed by atoms with E-state index in [1.54, 1.807) is 12.1 Å². The number of hydrogen-bond acceptors (Lipinski definition) is 3. The molecule has 132 valence electrons. The third-order valence-electron chi connectivity index (χ3n) is 4.22. The van der Waals surface area contributed by atoms with E-state index in [1.165, 1.54) is 0 Å². The molecule has 3 rings (SSSR count). The second-order valence-corrected chi connectivity index (χ2v) is 7.30. The van der Waals surface area contributed by atoms with Crippen molar-refractivity contribution in [1.82, 2.24) is 10.2 Å². The number of benzene rings is 2. The Hall–Kier alpha value is -1.40. The number of rotatable bonds is 5. The van der Waals surface area contributed by atoms with Crippen LogP contribution in [0.15, 0.2) is 53.0 Å². The van der Waals surface area contributed by atoms with E-state index in [9.17, 15) is 4.79 Å². The number of nitrogens with one attached hydrogen (secondary N) is 1. The number of amides is 1. The first-order valence-electron chi connectivity index (χ1n) is 8.24. The molecule has 0 aromatic heterocycles. The minimum absolute atomic E-state index is 0.109. The molecule has 1 unspecified atom stereocenters. The molecule has 1 atom stereocenters. The normalized spacial score (nSPS) is 16.4. The topological polar surface area (TPSA) is 41.6 Å². The number of ether oxygens (including phenoxy) is 1. The standard InChI is InChI=1S/C19H20BrClN2O2/c20-15-6-7-17(21)16(12-15)19(24)22-18(14-4-2-1-3-5-14)13-23-8-10-25-11-9-23/h1-7,12,18H,8-11,13H2,(H,22,24). The summed E-state index contributed by atoms with van der Waals surface area (Å²) in [6.45, 7) is 3.94. The van der Waals surface area contributed by atoms with Crippen LogP contribution in [0.2, 0.25) is 5.02 Å². The molecule has 6 heteroatoms. The maximum Gasteiger partial charge on any atom is 0.253 e. The predicted molar refractivity (Wildman–Crippen MR) is 103 cm³/mol. The molecule has 1 aliphatic heterocycles. The SMILES string of the molecule is O=C(NC(CN1CCOCC1)c1ccccc1)c1cc(Br)ccc1Cl. The number of nitrogens with zero attached hydrogens (tertiary/aromatic N) is 1. The van der Waals surface area contributed by atoms with Gasteiger partial charge in [0.2, 0.25) is 0 Å².